The van der Waals surface area contributed by atoms with Crippen molar-refractivity contribution in [2.75, 3.05) is 18.4 Å². The highest BCUT2D eigenvalue weighted by molar-refractivity contribution is 5.91. The average molecular weight is 269 g/mol. The maximum Gasteiger partial charge on any atom is 0.133 e. The Morgan fingerprint density at radius 3 is 2.70 bits per heavy atom. The van der Waals surface area contributed by atoms with Gasteiger partial charge in [-0.15, -0.1) is 0 Å². The number of rotatable bonds is 4. The van der Waals surface area contributed by atoms with E-state index in [1.165, 1.54) is 42.9 Å². The van der Waals surface area contributed by atoms with Crippen LogP contribution in [0.1, 0.15) is 32.1 Å². The number of anilines is 1. The molecule has 0 aliphatic heterocycles. The Balaban J connectivity index is 1.79. The van der Waals surface area contributed by atoms with Crippen LogP contribution in [0.2, 0.25) is 0 Å². The summed E-state index contributed by atoms with van der Waals surface area (Å²) in [6.45, 7) is 1.70. The fourth-order valence-corrected chi connectivity index (χ4v) is 3.29. The van der Waals surface area contributed by atoms with E-state index in [0.717, 1.165) is 18.9 Å². The number of benzene rings is 1. The van der Waals surface area contributed by atoms with E-state index >= 15 is 0 Å². The van der Waals surface area contributed by atoms with Crippen LogP contribution >= 0.6 is 0 Å². The Morgan fingerprint density at radius 1 is 1.10 bits per heavy atom. The molecule has 1 heterocycles. The first kappa shape index (κ1) is 13.4. The van der Waals surface area contributed by atoms with Crippen molar-refractivity contribution in [1.29, 1.82) is 0 Å². The van der Waals surface area contributed by atoms with Crippen LogP contribution in [-0.4, -0.2) is 18.1 Å². The summed E-state index contributed by atoms with van der Waals surface area (Å²) in [5.74, 6) is 0.987. The van der Waals surface area contributed by atoms with Crippen molar-refractivity contribution in [3.05, 3.63) is 36.5 Å². The number of nitrogens with zero attached hydrogens (tertiary/aromatic N) is 1. The molecule has 0 spiro atoms. The monoisotopic (exact) mass is 269 g/mol. The zero-order valence-electron chi connectivity index (χ0n) is 11.9. The lowest BCUT2D eigenvalue weighted by Crippen LogP contribution is -2.39. The Bertz CT molecular complexity index is 568. The number of pyridine rings is 1. The Labute approximate surface area is 120 Å². The topological polar surface area (TPSA) is 50.9 Å². The summed E-state index contributed by atoms with van der Waals surface area (Å²) in [5.41, 5.74) is 6.32. The van der Waals surface area contributed by atoms with Gasteiger partial charge in [0.15, 0.2) is 0 Å². The maximum atomic E-state index is 6.05. The first-order chi connectivity index (χ1) is 9.83. The molecule has 2 aromatic rings. The Hall–Kier alpha value is -1.61. The minimum atomic E-state index is 0.261. The molecule has 3 N–H and O–H groups in total. The van der Waals surface area contributed by atoms with Gasteiger partial charge in [-0.05, 0) is 36.3 Å². The van der Waals surface area contributed by atoms with Gasteiger partial charge in [-0.1, -0.05) is 43.5 Å². The van der Waals surface area contributed by atoms with Crippen LogP contribution in [0.5, 0.6) is 0 Å². The first-order valence-corrected chi connectivity index (χ1v) is 7.61. The van der Waals surface area contributed by atoms with Crippen LogP contribution in [-0.2, 0) is 0 Å². The molecule has 1 fully saturated rings. The van der Waals surface area contributed by atoms with Gasteiger partial charge in [-0.25, -0.2) is 4.98 Å². The molecule has 3 heteroatoms. The summed E-state index contributed by atoms with van der Waals surface area (Å²) in [4.78, 5) is 4.50. The molecule has 3 rings (SSSR count). The van der Waals surface area contributed by atoms with Gasteiger partial charge in [-0.2, -0.15) is 0 Å². The lowest BCUT2D eigenvalue weighted by Gasteiger charge is -2.36. The van der Waals surface area contributed by atoms with E-state index in [0.29, 0.717) is 0 Å². The molecular formula is C17H23N3. The third-order valence-electron chi connectivity index (χ3n) is 4.65. The molecule has 3 nitrogen and oxygen atoms in total. The third-order valence-corrected chi connectivity index (χ3v) is 4.65. The fraction of sp³-hybridized carbons (Fsp3) is 0.471. The largest absolute Gasteiger partial charge is 0.369 e. The SMILES string of the molecule is NCC1(CNc2nccc3ccccc23)CCCCC1. The van der Waals surface area contributed by atoms with Crippen LogP contribution < -0.4 is 11.1 Å². The van der Waals surface area contributed by atoms with Gasteiger partial charge in [0.2, 0.25) is 0 Å². The smallest absolute Gasteiger partial charge is 0.133 e. The lowest BCUT2D eigenvalue weighted by molar-refractivity contribution is 0.215. The minimum absolute atomic E-state index is 0.261. The number of fused-ring (bicyclic) bond motifs is 1. The molecule has 1 saturated carbocycles. The average Bonchev–Trinajstić information content (AvgIpc) is 2.54. The first-order valence-electron chi connectivity index (χ1n) is 7.61. The van der Waals surface area contributed by atoms with Crippen LogP contribution in [0, 0.1) is 5.41 Å². The number of nitrogens with two attached hydrogens (primary N) is 1. The second-order valence-electron chi connectivity index (χ2n) is 6.00. The van der Waals surface area contributed by atoms with Crippen molar-refractivity contribution in [2.45, 2.75) is 32.1 Å². The molecule has 0 saturated heterocycles. The fourth-order valence-electron chi connectivity index (χ4n) is 3.29. The van der Waals surface area contributed by atoms with Crippen LogP contribution in [0.25, 0.3) is 10.8 Å². The number of aromatic nitrogens is 1. The molecule has 20 heavy (non-hydrogen) atoms. The van der Waals surface area contributed by atoms with Crippen molar-refractivity contribution in [1.82, 2.24) is 4.98 Å². The highest BCUT2D eigenvalue weighted by atomic mass is 15.0. The maximum absolute atomic E-state index is 6.05. The molecule has 1 aliphatic rings. The van der Waals surface area contributed by atoms with Crippen molar-refractivity contribution >= 4 is 16.6 Å². The molecule has 1 aliphatic carbocycles. The van der Waals surface area contributed by atoms with E-state index in [1.807, 2.05) is 6.20 Å². The molecule has 106 valence electrons. The third kappa shape index (κ3) is 2.63. The second kappa shape index (κ2) is 5.80. The highest BCUT2D eigenvalue weighted by Gasteiger charge is 2.30. The summed E-state index contributed by atoms with van der Waals surface area (Å²) < 4.78 is 0. The predicted molar refractivity (Wildman–Crippen MR) is 84.8 cm³/mol. The summed E-state index contributed by atoms with van der Waals surface area (Å²) >= 11 is 0. The van der Waals surface area contributed by atoms with Gasteiger partial charge in [-0.3, -0.25) is 0 Å². The zero-order valence-corrected chi connectivity index (χ0v) is 11.9. The molecule has 0 radical (unpaired) electrons. The number of hydrogen-bond donors (Lipinski definition) is 2. The molecule has 1 aromatic carbocycles. The van der Waals surface area contributed by atoms with E-state index in [4.69, 9.17) is 5.73 Å². The summed E-state index contributed by atoms with van der Waals surface area (Å²) in [7, 11) is 0. The number of nitrogens with one attached hydrogen (secondary N) is 1. The normalized spacial score (nSPS) is 18.1. The Morgan fingerprint density at radius 2 is 1.90 bits per heavy atom. The second-order valence-corrected chi connectivity index (χ2v) is 6.00. The number of hydrogen-bond acceptors (Lipinski definition) is 3. The van der Waals surface area contributed by atoms with Gasteiger partial charge < -0.3 is 11.1 Å². The molecule has 0 bridgehead atoms. The molecule has 0 atom stereocenters. The van der Waals surface area contributed by atoms with E-state index in [-0.39, 0.29) is 5.41 Å². The Kier molecular flexibility index (Phi) is 3.88. The van der Waals surface area contributed by atoms with Crippen molar-refractivity contribution < 1.29 is 0 Å². The van der Waals surface area contributed by atoms with Crippen LogP contribution in [0.15, 0.2) is 36.5 Å². The van der Waals surface area contributed by atoms with Gasteiger partial charge in [0, 0.05) is 18.1 Å². The highest BCUT2D eigenvalue weighted by Crippen LogP contribution is 2.35. The van der Waals surface area contributed by atoms with Crippen molar-refractivity contribution in [2.24, 2.45) is 11.1 Å². The van der Waals surface area contributed by atoms with Gasteiger partial charge in [0.1, 0.15) is 5.82 Å². The molecule has 1 aromatic heterocycles. The minimum Gasteiger partial charge on any atom is -0.369 e. The molecule has 0 unspecified atom stereocenters. The summed E-state index contributed by atoms with van der Waals surface area (Å²) in [6.07, 6.45) is 8.32. The standard InChI is InChI=1S/C17H23N3/c18-12-17(9-4-1-5-10-17)13-20-16-15-7-3-2-6-14(15)8-11-19-16/h2-3,6-8,11H,1,4-5,9-10,12-13,18H2,(H,19,20). The van der Waals surface area contributed by atoms with E-state index < -0.39 is 0 Å². The van der Waals surface area contributed by atoms with Crippen molar-refractivity contribution in [3.63, 3.8) is 0 Å². The lowest BCUT2D eigenvalue weighted by atomic mass is 9.74. The summed E-state index contributed by atoms with van der Waals surface area (Å²) in [6, 6.07) is 10.4. The predicted octanol–water partition coefficient (Wildman–Crippen LogP) is 3.56. The quantitative estimate of drug-likeness (QED) is 0.892. The molecular weight excluding hydrogens is 246 g/mol. The van der Waals surface area contributed by atoms with Gasteiger partial charge >= 0.3 is 0 Å². The van der Waals surface area contributed by atoms with Gasteiger partial charge in [0.05, 0.1) is 0 Å². The van der Waals surface area contributed by atoms with Crippen molar-refractivity contribution in [3.8, 4) is 0 Å². The van der Waals surface area contributed by atoms with Crippen LogP contribution in [0.4, 0.5) is 5.82 Å². The van der Waals surface area contributed by atoms with E-state index in [2.05, 4.69) is 40.6 Å². The van der Waals surface area contributed by atoms with E-state index in [9.17, 15) is 0 Å². The van der Waals surface area contributed by atoms with Gasteiger partial charge in [0.25, 0.3) is 0 Å². The van der Waals surface area contributed by atoms with E-state index in [1.54, 1.807) is 0 Å². The summed E-state index contributed by atoms with van der Waals surface area (Å²) in [5, 5.41) is 5.98. The van der Waals surface area contributed by atoms with Crippen LogP contribution in [0.3, 0.4) is 0 Å². The zero-order chi connectivity index (χ0) is 13.8. The molecule has 0 amide bonds.